The van der Waals surface area contributed by atoms with Gasteiger partial charge in [-0.25, -0.2) is 4.98 Å². The highest BCUT2D eigenvalue weighted by molar-refractivity contribution is 14.0. The number of nitrogens with one attached hydrogen (secondary N) is 1. The van der Waals surface area contributed by atoms with Crippen molar-refractivity contribution in [2.24, 2.45) is 4.99 Å². The molecule has 8 nitrogen and oxygen atoms in total. The average Bonchev–Trinajstić information content (AvgIpc) is 3.40. The molecule has 0 aliphatic carbocycles. The van der Waals surface area contributed by atoms with Crippen LogP contribution in [0.25, 0.3) is 0 Å². The molecule has 3 rings (SSSR count). The van der Waals surface area contributed by atoms with Crippen molar-refractivity contribution in [2.45, 2.75) is 39.3 Å². The van der Waals surface area contributed by atoms with Crippen LogP contribution in [0.1, 0.15) is 26.7 Å². The first-order valence-corrected chi connectivity index (χ1v) is 10.2. The summed E-state index contributed by atoms with van der Waals surface area (Å²) < 4.78 is 2.04. The van der Waals surface area contributed by atoms with Crippen LogP contribution in [0.3, 0.4) is 0 Å². The van der Waals surface area contributed by atoms with Gasteiger partial charge in [-0.05, 0) is 26.7 Å². The number of piperazine rings is 1. The van der Waals surface area contributed by atoms with Crippen LogP contribution in [0, 0.1) is 0 Å². The summed E-state index contributed by atoms with van der Waals surface area (Å²) in [6, 6.07) is -0.0222. The lowest BCUT2D eigenvalue weighted by atomic mass is 10.2. The van der Waals surface area contributed by atoms with E-state index < -0.39 is 0 Å². The van der Waals surface area contributed by atoms with Gasteiger partial charge in [-0.1, -0.05) is 0 Å². The fourth-order valence-corrected chi connectivity index (χ4v) is 3.80. The zero-order valence-electron chi connectivity index (χ0n) is 17.1. The lowest BCUT2D eigenvalue weighted by molar-refractivity contribution is -0.135. The van der Waals surface area contributed by atoms with Gasteiger partial charge in [-0.15, -0.1) is 24.0 Å². The summed E-state index contributed by atoms with van der Waals surface area (Å²) in [6.45, 7) is 12.0. The number of rotatable bonds is 6. The molecule has 1 N–H and O–H groups in total. The van der Waals surface area contributed by atoms with Gasteiger partial charge in [0.15, 0.2) is 5.96 Å². The van der Waals surface area contributed by atoms with E-state index in [-0.39, 0.29) is 30.0 Å². The molecule has 0 spiro atoms. The second-order valence-electron chi connectivity index (χ2n) is 7.27. The Balaban J connectivity index is 0.00000280. The Morgan fingerprint density at radius 3 is 2.46 bits per heavy atom. The highest BCUT2D eigenvalue weighted by Gasteiger charge is 2.30. The monoisotopic (exact) mass is 503 g/mol. The normalized spacial score (nSPS) is 19.4. The van der Waals surface area contributed by atoms with E-state index in [1.165, 1.54) is 0 Å². The second kappa shape index (κ2) is 11.6. The van der Waals surface area contributed by atoms with Crippen LogP contribution in [0.4, 0.5) is 0 Å². The summed E-state index contributed by atoms with van der Waals surface area (Å²) in [5, 5.41) is 3.40. The van der Waals surface area contributed by atoms with Gasteiger partial charge >= 0.3 is 0 Å². The number of guanidine groups is 1. The Bertz CT molecular complexity index is 608. The minimum Gasteiger partial charge on any atom is -0.357 e. The van der Waals surface area contributed by atoms with Gasteiger partial charge in [0, 0.05) is 64.8 Å². The van der Waals surface area contributed by atoms with E-state index in [1.807, 2.05) is 22.0 Å². The van der Waals surface area contributed by atoms with E-state index >= 15 is 0 Å². The van der Waals surface area contributed by atoms with Crippen molar-refractivity contribution in [1.82, 2.24) is 29.6 Å². The molecule has 1 atom stereocenters. The van der Waals surface area contributed by atoms with Crippen LogP contribution in [-0.2, 0) is 11.3 Å². The predicted molar refractivity (Wildman–Crippen MR) is 122 cm³/mol. The highest BCUT2D eigenvalue weighted by atomic mass is 127. The lowest BCUT2D eigenvalue weighted by Crippen LogP contribution is -2.57. The van der Waals surface area contributed by atoms with E-state index in [0.29, 0.717) is 5.91 Å². The smallest absolute Gasteiger partial charge is 0.239 e. The minimum absolute atomic E-state index is 0. The maximum absolute atomic E-state index is 12.6. The maximum Gasteiger partial charge on any atom is 0.239 e. The van der Waals surface area contributed by atoms with E-state index in [1.54, 1.807) is 6.20 Å². The Labute approximate surface area is 185 Å². The van der Waals surface area contributed by atoms with Crippen LogP contribution in [0.5, 0.6) is 0 Å². The Morgan fingerprint density at radius 1 is 1.14 bits per heavy atom. The predicted octanol–water partition coefficient (Wildman–Crippen LogP) is 1.10. The number of aromatic nitrogens is 2. The third-order valence-corrected chi connectivity index (χ3v) is 5.45. The number of imidazole rings is 1. The van der Waals surface area contributed by atoms with Crippen molar-refractivity contribution in [3.05, 3.63) is 18.7 Å². The minimum atomic E-state index is -0.0222. The number of aliphatic imine (C=N–C) groups is 1. The van der Waals surface area contributed by atoms with Crippen molar-refractivity contribution in [2.75, 3.05) is 52.4 Å². The number of halogens is 1. The number of amides is 1. The largest absolute Gasteiger partial charge is 0.357 e. The van der Waals surface area contributed by atoms with Crippen molar-refractivity contribution in [1.29, 1.82) is 0 Å². The first-order valence-electron chi connectivity index (χ1n) is 10.2. The molecule has 0 bridgehead atoms. The number of likely N-dealkylation sites (tertiary alicyclic amines) is 1. The molecular weight excluding hydrogens is 469 g/mol. The summed E-state index contributed by atoms with van der Waals surface area (Å²) >= 11 is 0. The van der Waals surface area contributed by atoms with Crippen molar-refractivity contribution >= 4 is 35.8 Å². The van der Waals surface area contributed by atoms with E-state index in [4.69, 9.17) is 4.99 Å². The molecular formula is C19H34IN7O. The molecule has 158 valence electrons. The van der Waals surface area contributed by atoms with Gasteiger partial charge in [0.25, 0.3) is 0 Å². The van der Waals surface area contributed by atoms with Gasteiger partial charge in [0.2, 0.25) is 5.91 Å². The molecule has 2 aliphatic rings. The molecule has 2 saturated heterocycles. The quantitative estimate of drug-likeness (QED) is 0.358. The fraction of sp³-hybridized carbons (Fsp3) is 0.737. The average molecular weight is 503 g/mol. The highest BCUT2D eigenvalue weighted by Crippen LogP contribution is 2.14. The molecule has 1 aromatic rings. The molecule has 3 heterocycles. The zero-order chi connectivity index (χ0) is 19.1. The molecule has 1 amide bonds. The number of hydrogen-bond donors (Lipinski definition) is 1. The van der Waals surface area contributed by atoms with Gasteiger partial charge in [0.05, 0.1) is 18.9 Å². The third kappa shape index (κ3) is 6.07. The topological polar surface area (TPSA) is 69.0 Å². The van der Waals surface area contributed by atoms with Crippen LogP contribution >= 0.6 is 24.0 Å². The molecule has 2 aliphatic heterocycles. The molecule has 1 unspecified atom stereocenters. The molecule has 28 heavy (non-hydrogen) atoms. The van der Waals surface area contributed by atoms with Gasteiger partial charge in [0.1, 0.15) is 0 Å². The summed E-state index contributed by atoms with van der Waals surface area (Å²) in [4.78, 5) is 28.1. The SMILES string of the molecule is CCNC(=NCCn1ccnc1)N1CCN(C(C)C(=O)N2CCCC2)CC1.I. The van der Waals surface area contributed by atoms with Gasteiger partial charge in [-0.2, -0.15) is 0 Å². The molecule has 0 radical (unpaired) electrons. The first-order chi connectivity index (χ1) is 13.2. The van der Waals surface area contributed by atoms with Crippen LogP contribution in [0.2, 0.25) is 0 Å². The van der Waals surface area contributed by atoms with E-state index in [0.717, 1.165) is 77.7 Å². The van der Waals surface area contributed by atoms with Crippen LogP contribution in [-0.4, -0.2) is 94.5 Å². The van der Waals surface area contributed by atoms with Gasteiger partial charge < -0.3 is 19.7 Å². The third-order valence-electron chi connectivity index (χ3n) is 5.45. The van der Waals surface area contributed by atoms with Crippen LogP contribution < -0.4 is 5.32 Å². The van der Waals surface area contributed by atoms with Crippen LogP contribution in [0.15, 0.2) is 23.7 Å². The number of carbonyl (C=O) groups is 1. The van der Waals surface area contributed by atoms with Crippen molar-refractivity contribution < 1.29 is 4.79 Å². The molecule has 0 saturated carbocycles. The van der Waals surface area contributed by atoms with Gasteiger partial charge in [-0.3, -0.25) is 14.7 Å². The Kier molecular flexibility index (Phi) is 9.49. The molecule has 1 aromatic heterocycles. The summed E-state index contributed by atoms with van der Waals surface area (Å²) in [5.41, 5.74) is 0. The number of hydrogen-bond acceptors (Lipinski definition) is 4. The molecule has 0 aromatic carbocycles. The summed E-state index contributed by atoms with van der Waals surface area (Å²) in [6.07, 6.45) is 7.86. The standard InChI is InChI=1S/C19H33N7O.HI/c1-3-21-19(22-7-11-23-10-6-20-16-23)26-14-12-24(13-15-26)17(2)18(27)25-8-4-5-9-25;/h6,10,16-17H,3-5,7-9,11-15H2,1-2H3,(H,21,22);1H. The zero-order valence-corrected chi connectivity index (χ0v) is 19.4. The van der Waals surface area contributed by atoms with Crippen molar-refractivity contribution in [3.63, 3.8) is 0 Å². The van der Waals surface area contributed by atoms with Crippen molar-refractivity contribution in [3.8, 4) is 0 Å². The van der Waals surface area contributed by atoms with E-state index in [2.05, 4.69) is 33.9 Å². The Hall–Kier alpha value is -1.36. The summed E-state index contributed by atoms with van der Waals surface area (Å²) in [7, 11) is 0. The lowest BCUT2D eigenvalue weighted by Gasteiger charge is -2.39. The molecule has 9 heteroatoms. The maximum atomic E-state index is 12.6. The Morgan fingerprint density at radius 2 is 1.86 bits per heavy atom. The number of carbonyl (C=O) groups excluding carboxylic acids is 1. The summed E-state index contributed by atoms with van der Waals surface area (Å²) in [5.74, 6) is 1.26. The molecule has 2 fully saturated rings. The van der Waals surface area contributed by atoms with E-state index in [9.17, 15) is 4.79 Å². The second-order valence-corrected chi connectivity index (χ2v) is 7.27. The first kappa shape index (κ1) is 22.9. The number of nitrogens with zero attached hydrogens (tertiary/aromatic N) is 6. The fourth-order valence-electron chi connectivity index (χ4n) is 3.80.